The molecule has 4 unspecified atom stereocenters. The zero-order valence-corrected chi connectivity index (χ0v) is 12.1. The van der Waals surface area contributed by atoms with Crippen molar-refractivity contribution < 1.29 is 0 Å². The van der Waals surface area contributed by atoms with E-state index in [1.54, 1.807) is 0 Å². The monoisotopic (exact) mass is 222 g/mol. The second-order valence-electron chi connectivity index (χ2n) is 6.47. The Morgan fingerprint density at radius 2 is 1.88 bits per heavy atom. The Balaban J connectivity index is 2.81. The van der Waals surface area contributed by atoms with E-state index in [1.807, 2.05) is 0 Å². The summed E-state index contributed by atoms with van der Waals surface area (Å²) in [6.07, 6.45) is 8.97. The van der Waals surface area contributed by atoms with Crippen molar-refractivity contribution in [2.24, 2.45) is 29.1 Å². The van der Waals surface area contributed by atoms with Crippen LogP contribution in [-0.2, 0) is 0 Å². The largest absolute Gasteiger partial charge is 0.0854 e. The Hall–Kier alpha value is -0.260. The first-order chi connectivity index (χ1) is 7.42. The third kappa shape index (κ3) is 2.90. The summed E-state index contributed by atoms with van der Waals surface area (Å²) in [6, 6.07) is 0. The Labute approximate surface area is 103 Å². The first-order valence-electron chi connectivity index (χ1n) is 7.10. The molecule has 0 saturated carbocycles. The lowest BCUT2D eigenvalue weighted by atomic mass is 9.64. The van der Waals surface area contributed by atoms with Crippen molar-refractivity contribution in [1.29, 1.82) is 0 Å². The van der Waals surface area contributed by atoms with Crippen molar-refractivity contribution in [2.45, 2.75) is 60.8 Å². The van der Waals surface area contributed by atoms with E-state index in [0.29, 0.717) is 5.41 Å². The molecule has 0 radical (unpaired) electrons. The van der Waals surface area contributed by atoms with Crippen LogP contribution in [-0.4, -0.2) is 0 Å². The maximum Gasteiger partial charge on any atom is -0.0174 e. The van der Waals surface area contributed by atoms with Crippen molar-refractivity contribution in [3.05, 3.63) is 12.2 Å². The first-order valence-corrected chi connectivity index (χ1v) is 7.10. The Bertz CT molecular complexity index is 236. The van der Waals surface area contributed by atoms with Gasteiger partial charge in [-0.05, 0) is 35.5 Å². The van der Waals surface area contributed by atoms with Gasteiger partial charge in [-0.1, -0.05) is 66.5 Å². The molecular weight excluding hydrogens is 192 g/mol. The fourth-order valence-corrected chi connectivity index (χ4v) is 3.05. The van der Waals surface area contributed by atoms with Gasteiger partial charge in [0.05, 0.1) is 0 Å². The third-order valence-corrected chi connectivity index (χ3v) is 5.13. The lowest BCUT2D eigenvalue weighted by Gasteiger charge is -2.41. The molecule has 0 nitrogen and oxygen atoms in total. The van der Waals surface area contributed by atoms with Gasteiger partial charge in [0.25, 0.3) is 0 Å². The van der Waals surface area contributed by atoms with Gasteiger partial charge in [-0.15, -0.1) is 0 Å². The summed E-state index contributed by atoms with van der Waals surface area (Å²) in [5, 5.41) is 0. The van der Waals surface area contributed by atoms with Gasteiger partial charge in [-0.25, -0.2) is 0 Å². The summed E-state index contributed by atoms with van der Waals surface area (Å²) in [5.41, 5.74) is 0.475. The molecule has 94 valence electrons. The van der Waals surface area contributed by atoms with E-state index in [2.05, 4.69) is 53.7 Å². The van der Waals surface area contributed by atoms with E-state index in [1.165, 1.54) is 19.3 Å². The molecule has 0 aliphatic heterocycles. The minimum absolute atomic E-state index is 0.475. The quantitative estimate of drug-likeness (QED) is 0.566. The van der Waals surface area contributed by atoms with E-state index in [4.69, 9.17) is 0 Å². The van der Waals surface area contributed by atoms with Crippen LogP contribution in [0.15, 0.2) is 12.2 Å². The lowest BCUT2D eigenvalue weighted by molar-refractivity contribution is 0.119. The predicted octanol–water partition coefficient (Wildman–Crippen LogP) is 5.30. The number of hydrogen-bond donors (Lipinski definition) is 0. The van der Waals surface area contributed by atoms with Crippen molar-refractivity contribution in [3.8, 4) is 0 Å². The molecule has 0 fully saturated rings. The second kappa shape index (κ2) is 5.38. The minimum atomic E-state index is 0.475. The highest BCUT2D eigenvalue weighted by atomic mass is 14.4. The van der Waals surface area contributed by atoms with E-state index < -0.39 is 0 Å². The Morgan fingerprint density at radius 1 is 1.25 bits per heavy atom. The molecule has 1 aliphatic carbocycles. The van der Waals surface area contributed by atoms with Crippen molar-refractivity contribution >= 4 is 0 Å². The van der Waals surface area contributed by atoms with E-state index in [9.17, 15) is 0 Å². The van der Waals surface area contributed by atoms with Crippen LogP contribution >= 0.6 is 0 Å². The van der Waals surface area contributed by atoms with Crippen LogP contribution in [0, 0.1) is 29.1 Å². The van der Waals surface area contributed by atoms with Crippen LogP contribution in [0.1, 0.15) is 60.8 Å². The molecule has 1 rings (SSSR count). The highest BCUT2D eigenvalue weighted by Crippen LogP contribution is 2.43. The number of allylic oxidation sites excluding steroid dienone is 2. The van der Waals surface area contributed by atoms with Gasteiger partial charge in [-0.3, -0.25) is 0 Å². The standard InChI is InChI=1S/C16H30/c1-7-14-11-12(3)9-10-15(14)13(4)16(5,6)8-2/h9-10,12-15H,7-8,11H2,1-6H3. The molecule has 0 amide bonds. The van der Waals surface area contributed by atoms with Gasteiger partial charge in [-0.2, -0.15) is 0 Å². The van der Waals surface area contributed by atoms with Crippen molar-refractivity contribution in [2.75, 3.05) is 0 Å². The van der Waals surface area contributed by atoms with E-state index in [-0.39, 0.29) is 0 Å². The predicted molar refractivity (Wildman–Crippen MR) is 73.4 cm³/mol. The SMILES string of the molecule is CCC1CC(C)C=CC1C(C)C(C)(C)CC. The van der Waals surface area contributed by atoms with Gasteiger partial charge in [0.15, 0.2) is 0 Å². The highest BCUT2D eigenvalue weighted by Gasteiger charge is 2.35. The highest BCUT2D eigenvalue weighted by molar-refractivity contribution is 5.03. The van der Waals surface area contributed by atoms with Crippen LogP contribution in [0.5, 0.6) is 0 Å². The van der Waals surface area contributed by atoms with Gasteiger partial charge in [0, 0.05) is 0 Å². The van der Waals surface area contributed by atoms with Gasteiger partial charge in [0.1, 0.15) is 0 Å². The van der Waals surface area contributed by atoms with Crippen LogP contribution in [0.3, 0.4) is 0 Å². The van der Waals surface area contributed by atoms with Gasteiger partial charge in [0.2, 0.25) is 0 Å². The first kappa shape index (κ1) is 13.8. The molecule has 0 heteroatoms. The van der Waals surface area contributed by atoms with Gasteiger partial charge >= 0.3 is 0 Å². The molecule has 0 bridgehead atoms. The Morgan fingerprint density at radius 3 is 2.38 bits per heavy atom. The fourth-order valence-electron chi connectivity index (χ4n) is 3.05. The summed E-state index contributed by atoms with van der Waals surface area (Å²) in [6.45, 7) is 14.3. The van der Waals surface area contributed by atoms with Crippen LogP contribution in [0.4, 0.5) is 0 Å². The number of hydrogen-bond acceptors (Lipinski definition) is 0. The van der Waals surface area contributed by atoms with Crippen LogP contribution in [0.25, 0.3) is 0 Å². The smallest absolute Gasteiger partial charge is 0.0174 e. The summed E-state index contributed by atoms with van der Waals surface area (Å²) in [7, 11) is 0. The number of rotatable bonds is 4. The average molecular weight is 222 g/mol. The normalized spacial score (nSPS) is 32.8. The maximum atomic E-state index is 2.52. The van der Waals surface area contributed by atoms with E-state index >= 15 is 0 Å². The molecule has 0 saturated heterocycles. The molecule has 0 aromatic carbocycles. The average Bonchev–Trinajstić information content (AvgIpc) is 2.27. The van der Waals surface area contributed by atoms with Crippen LogP contribution in [0.2, 0.25) is 0 Å². The maximum absolute atomic E-state index is 2.52. The zero-order chi connectivity index (χ0) is 12.3. The third-order valence-electron chi connectivity index (χ3n) is 5.13. The van der Waals surface area contributed by atoms with Gasteiger partial charge < -0.3 is 0 Å². The Kier molecular flexibility index (Phi) is 4.64. The lowest BCUT2D eigenvalue weighted by Crippen LogP contribution is -2.33. The fraction of sp³-hybridized carbons (Fsp3) is 0.875. The second-order valence-corrected chi connectivity index (χ2v) is 6.47. The van der Waals surface area contributed by atoms with E-state index in [0.717, 1.165) is 23.7 Å². The molecule has 0 aromatic rings. The molecule has 0 N–H and O–H groups in total. The summed E-state index contributed by atoms with van der Waals surface area (Å²) >= 11 is 0. The molecule has 1 aliphatic rings. The van der Waals surface area contributed by atoms with Crippen molar-refractivity contribution in [3.63, 3.8) is 0 Å². The molecular formula is C16H30. The molecule has 0 heterocycles. The molecule has 0 spiro atoms. The molecule has 0 aromatic heterocycles. The summed E-state index contributed by atoms with van der Waals surface area (Å²) in [5.74, 6) is 3.29. The molecule has 16 heavy (non-hydrogen) atoms. The zero-order valence-electron chi connectivity index (χ0n) is 12.1. The summed E-state index contributed by atoms with van der Waals surface area (Å²) < 4.78 is 0. The summed E-state index contributed by atoms with van der Waals surface area (Å²) in [4.78, 5) is 0. The van der Waals surface area contributed by atoms with Crippen LogP contribution < -0.4 is 0 Å². The topological polar surface area (TPSA) is 0 Å². The minimum Gasteiger partial charge on any atom is -0.0854 e. The molecule has 4 atom stereocenters. The van der Waals surface area contributed by atoms with Crippen molar-refractivity contribution in [1.82, 2.24) is 0 Å².